The zero-order chi connectivity index (χ0) is 10.6. The molecule has 0 bridgehead atoms. The molecular weight excluding hydrogens is 190 g/mol. The molecule has 7 nitrogen and oxygen atoms in total. The van der Waals surface area contributed by atoms with Crippen LogP contribution in [0.4, 0.5) is 0 Å². The number of amides is 3. The highest BCUT2D eigenvalue weighted by atomic mass is 16.7. The Labute approximate surface area is 79.9 Å². The minimum absolute atomic E-state index is 0.145. The standard InChI is InChI=1S/C7H11N3O4/c8-5(11)3-14-10-7(13)4-1-6(12)9-2-4/h4H,1-3H2,(H2,8,11)(H,9,12)(H,10,13). The summed E-state index contributed by atoms with van der Waals surface area (Å²) in [6.07, 6.45) is 0.145. The maximum Gasteiger partial charge on any atom is 0.248 e. The van der Waals surface area contributed by atoms with E-state index in [-0.39, 0.29) is 18.9 Å². The monoisotopic (exact) mass is 201 g/mol. The Morgan fingerprint density at radius 1 is 1.64 bits per heavy atom. The minimum Gasteiger partial charge on any atom is -0.368 e. The van der Waals surface area contributed by atoms with Gasteiger partial charge in [-0.25, -0.2) is 5.48 Å². The molecule has 0 aromatic carbocycles. The van der Waals surface area contributed by atoms with E-state index in [1.54, 1.807) is 0 Å². The molecule has 0 saturated carbocycles. The molecule has 3 amide bonds. The summed E-state index contributed by atoms with van der Waals surface area (Å²) in [5, 5.41) is 2.50. The van der Waals surface area contributed by atoms with Crippen LogP contribution in [-0.4, -0.2) is 30.9 Å². The average molecular weight is 201 g/mol. The predicted molar refractivity (Wildman–Crippen MR) is 44.4 cm³/mol. The van der Waals surface area contributed by atoms with Gasteiger partial charge in [0.25, 0.3) is 0 Å². The van der Waals surface area contributed by atoms with Crippen LogP contribution in [0.1, 0.15) is 6.42 Å². The summed E-state index contributed by atoms with van der Waals surface area (Å²) in [4.78, 5) is 36.7. The zero-order valence-corrected chi connectivity index (χ0v) is 7.41. The second-order valence-electron chi connectivity index (χ2n) is 2.93. The van der Waals surface area contributed by atoms with Gasteiger partial charge in [0.1, 0.15) is 0 Å². The maximum atomic E-state index is 11.2. The van der Waals surface area contributed by atoms with Crippen LogP contribution in [0.3, 0.4) is 0 Å². The molecule has 0 aromatic heterocycles. The lowest BCUT2D eigenvalue weighted by atomic mass is 10.1. The molecule has 1 fully saturated rings. The van der Waals surface area contributed by atoms with Gasteiger partial charge in [0.2, 0.25) is 17.7 Å². The average Bonchev–Trinajstić information content (AvgIpc) is 2.51. The third-order valence-corrected chi connectivity index (χ3v) is 1.74. The van der Waals surface area contributed by atoms with Gasteiger partial charge in [-0.1, -0.05) is 0 Å². The van der Waals surface area contributed by atoms with Crippen LogP contribution < -0.4 is 16.5 Å². The topological polar surface area (TPSA) is 111 Å². The number of rotatable bonds is 4. The van der Waals surface area contributed by atoms with Gasteiger partial charge in [0.05, 0.1) is 5.92 Å². The Bertz CT molecular complexity index is 266. The van der Waals surface area contributed by atoms with Gasteiger partial charge in [-0.2, -0.15) is 0 Å². The van der Waals surface area contributed by atoms with Crippen molar-refractivity contribution in [2.45, 2.75) is 6.42 Å². The van der Waals surface area contributed by atoms with Gasteiger partial charge in [-0.05, 0) is 0 Å². The molecule has 1 unspecified atom stereocenters. The van der Waals surface area contributed by atoms with E-state index in [2.05, 4.69) is 10.2 Å². The second kappa shape index (κ2) is 4.56. The van der Waals surface area contributed by atoms with E-state index in [0.29, 0.717) is 6.54 Å². The Morgan fingerprint density at radius 3 is 2.86 bits per heavy atom. The molecule has 1 rings (SSSR count). The lowest BCUT2D eigenvalue weighted by Crippen LogP contribution is -2.34. The van der Waals surface area contributed by atoms with Crippen molar-refractivity contribution < 1.29 is 19.2 Å². The largest absolute Gasteiger partial charge is 0.368 e. The number of hydroxylamine groups is 1. The zero-order valence-electron chi connectivity index (χ0n) is 7.41. The first kappa shape index (κ1) is 10.5. The Hall–Kier alpha value is -1.63. The fourth-order valence-electron chi connectivity index (χ4n) is 1.05. The van der Waals surface area contributed by atoms with E-state index in [1.807, 2.05) is 5.48 Å². The third kappa shape index (κ3) is 3.02. The number of carbonyl (C=O) groups excluding carboxylic acids is 3. The van der Waals surface area contributed by atoms with Crippen LogP contribution in [0.15, 0.2) is 0 Å². The lowest BCUT2D eigenvalue weighted by molar-refractivity contribution is -0.141. The van der Waals surface area contributed by atoms with Gasteiger partial charge in [-0.3, -0.25) is 19.2 Å². The molecule has 0 aliphatic carbocycles. The number of nitrogens with one attached hydrogen (secondary N) is 2. The first-order valence-electron chi connectivity index (χ1n) is 4.06. The van der Waals surface area contributed by atoms with E-state index < -0.39 is 17.7 Å². The fraction of sp³-hybridized carbons (Fsp3) is 0.571. The summed E-state index contributed by atoms with van der Waals surface area (Å²) in [5.74, 6) is -1.70. The Balaban J connectivity index is 2.22. The first-order chi connectivity index (χ1) is 6.59. The molecule has 0 spiro atoms. The van der Waals surface area contributed by atoms with Crippen LogP contribution in [0.5, 0.6) is 0 Å². The van der Waals surface area contributed by atoms with Gasteiger partial charge in [0, 0.05) is 13.0 Å². The molecule has 14 heavy (non-hydrogen) atoms. The number of carbonyl (C=O) groups is 3. The van der Waals surface area contributed by atoms with E-state index >= 15 is 0 Å². The van der Waals surface area contributed by atoms with E-state index in [9.17, 15) is 14.4 Å². The highest BCUT2D eigenvalue weighted by molar-refractivity contribution is 5.88. The number of hydrogen-bond donors (Lipinski definition) is 3. The Morgan fingerprint density at radius 2 is 2.36 bits per heavy atom. The summed E-state index contributed by atoms with van der Waals surface area (Å²) in [5.41, 5.74) is 6.82. The fourth-order valence-corrected chi connectivity index (χ4v) is 1.05. The second-order valence-corrected chi connectivity index (χ2v) is 2.93. The van der Waals surface area contributed by atoms with Crippen molar-refractivity contribution >= 4 is 17.7 Å². The number of primary amides is 1. The molecule has 0 radical (unpaired) electrons. The molecule has 4 N–H and O–H groups in total. The van der Waals surface area contributed by atoms with Crippen molar-refractivity contribution in [3.63, 3.8) is 0 Å². The lowest BCUT2D eigenvalue weighted by Gasteiger charge is -2.07. The van der Waals surface area contributed by atoms with E-state index in [0.717, 1.165) is 0 Å². The summed E-state index contributed by atoms with van der Waals surface area (Å²) >= 11 is 0. The molecular formula is C7H11N3O4. The van der Waals surface area contributed by atoms with Crippen LogP contribution in [-0.2, 0) is 19.2 Å². The smallest absolute Gasteiger partial charge is 0.248 e. The van der Waals surface area contributed by atoms with Crippen LogP contribution in [0, 0.1) is 5.92 Å². The molecule has 1 aliphatic heterocycles. The van der Waals surface area contributed by atoms with Gasteiger partial charge < -0.3 is 11.1 Å². The molecule has 1 aliphatic rings. The predicted octanol–water partition coefficient (Wildman–Crippen LogP) is -2.34. The first-order valence-corrected chi connectivity index (χ1v) is 4.06. The van der Waals surface area contributed by atoms with Crippen molar-refractivity contribution in [1.82, 2.24) is 10.8 Å². The molecule has 78 valence electrons. The molecule has 1 atom stereocenters. The summed E-state index contributed by atoms with van der Waals surface area (Å²) < 4.78 is 0. The van der Waals surface area contributed by atoms with Crippen molar-refractivity contribution in [2.75, 3.05) is 13.2 Å². The van der Waals surface area contributed by atoms with Crippen molar-refractivity contribution in [3.8, 4) is 0 Å². The van der Waals surface area contributed by atoms with Crippen molar-refractivity contribution in [3.05, 3.63) is 0 Å². The molecule has 1 heterocycles. The van der Waals surface area contributed by atoms with Crippen molar-refractivity contribution in [1.29, 1.82) is 0 Å². The van der Waals surface area contributed by atoms with Gasteiger partial charge in [-0.15, -0.1) is 0 Å². The molecule has 0 aromatic rings. The van der Waals surface area contributed by atoms with Crippen LogP contribution in [0.2, 0.25) is 0 Å². The SMILES string of the molecule is NC(=O)CONC(=O)C1CNC(=O)C1. The highest BCUT2D eigenvalue weighted by Crippen LogP contribution is 2.08. The number of hydrogen-bond acceptors (Lipinski definition) is 4. The summed E-state index contributed by atoms with van der Waals surface area (Å²) in [6.45, 7) is -0.0789. The maximum absolute atomic E-state index is 11.2. The van der Waals surface area contributed by atoms with Crippen LogP contribution in [0.25, 0.3) is 0 Å². The van der Waals surface area contributed by atoms with Crippen LogP contribution >= 0.6 is 0 Å². The molecule has 1 saturated heterocycles. The highest BCUT2D eigenvalue weighted by Gasteiger charge is 2.27. The van der Waals surface area contributed by atoms with Gasteiger partial charge in [0.15, 0.2) is 6.61 Å². The van der Waals surface area contributed by atoms with Crippen molar-refractivity contribution in [2.24, 2.45) is 11.7 Å². The summed E-state index contributed by atoms with van der Waals surface area (Å²) in [7, 11) is 0. The molecule has 7 heteroatoms. The minimum atomic E-state index is -0.675. The summed E-state index contributed by atoms with van der Waals surface area (Å²) in [6, 6.07) is 0. The van der Waals surface area contributed by atoms with E-state index in [4.69, 9.17) is 5.73 Å². The normalized spacial score (nSPS) is 20.3. The quantitative estimate of drug-likeness (QED) is 0.442. The Kier molecular flexibility index (Phi) is 3.41. The van der Waals surface area contributed by atoms with Gasteiger partial charge >= 0.3 is 0 Å². The number of nitrogens with two attached hydrogens (primary N) is 1. The third-order valence-electron chi connectivity index (χ3n) is 1.74. The van der Waals surface area contributed by atoms with E-state index in [1.165, 1.54) is 0 Å².